The third-order valence-corrected chi connectivity index (χ3v) is 3.22. The summed E-state index contributed by atoms with van der Waals surface area (Å²) in [5, 5.41) is 5.65. The van der Waals surface area contributed by atoms with Crippen LogP contribution in [-0.2, 0) is 14.3 Å². The third kappa shape index (κ3) is 2.95. The van der Waals surface area contributed by atoms with Crippen LogP contribution in [-0.4, -0.2) is 61.6 Å². The summed E-state index contributed by atoms with van der Waals surface area (Å²) in [6.07, 6.45) is 1.06. The number of hydrogen-bond acceptors (Lipinski definition) is 4. The molecule has 2 aliphatic heterocycles. The summed E-state index contributed by atoms with van der Waals surface area (Å²) in [4.78, 5) is 25.0. The van der Waals surface area contributed by atoms with Gasteiger partial charge >= 0.3 is 0 Å². The van der Waals surface area contributed by atoms with Gasteiger partial charge in [-0.15, -0.1) is 0 Å². The van der Waals surface area contributed by atoms with E-state index in [0.29, 0.717) is 26.2 Å². The first-order valence-electron chi connectivity index (χ1n) is 6.11. The van der Waals surface area contributed by atoms with E-state index in [4.69, 9.17) is 4.74 Å². The Bertz CT molecular complexity index is 298. The molecule has 0 aliphatic carbocycles. The maximum absolute atomic E-state index is 12.2. The number of carbonyl (C=O) groups is 2. The Kier molecular flexibility index (Phi) is 3.96. The quantitative estimate of drug-likeness (QED) is 0.631. The van der Waals surface area contributed by atoms with Crippen LogP contribution in [0.2, 0.25) is 0 Å². The molecule has 0 radical (unpaired) electrons. The Balaban J connectivity index is 1.88. The minimum atomic E-state index is -0.289. The van der Waals surface area contributed by atoms with Crippen molar-refractivity contribution in [3.63, 3.8) is 0 Å². The topological polar surface area (TPSA) is 70.7 Å². The number of nitrogens with one attached hydrogen (secondary N) is 2. The van der Waals surface area contributed by atoms with Crippen molar-refractivity contribution >= 4 is 11.8 Å². The van der Waals surface area contributed by atoms with E-state index in [1.165, 1.54) is 0 Å². The molecule has 2 N–H and O–H groups in total. The van der Waals surface area contributed by atoms with Crippen molar-refractivity contribution in [3.8, 4) is 0 Å². The number of hydrogen-bond donors (Lipinski definition) is 2. The molecule has 0 spiro atoms. The van der Waals surface area contributed by atoms with Gasteiger partial charge in [0.2, 0.25) is 11.8 Å². The predicted molar refractivity (Wildman–Crippen MR) is 61.4 cm³/mol. The number of piperazine rings is 1. The van der Waals surface area contributed by atoms with Crippen LogP contribution in [0.4, 0.5) is 0 Å². The van der Waals surface area contributed by atoms with Crippen molar-refractivity contribution in [1.29, 1.82) is 0 Å². The van der Waals surface area contributed by atoms with E-state index in [0.717, 1.165) is 6.42 Å². The average molecular weight is 241 g/mol. The van der Waals surface area contributed by atoms with E-state index >= 15 is 0 Å². The van der Waals surface area contributed by atoms with Crippen molar-refractivity contribution in [2.24, 2.45) is 0 Å². The Morgan fingerprint density at radius 3 is 3.06 bits per heavy atom. The summed E-state index contributed by atoms with van der Waals surface area (Å²) in [6.45, 7) is 4.55. The highest BCUT2D eigenvalue weighted by molar-refractivity contribution is 5.86. The van der Waals surface area contributed by atoms with Crippen LogP contribution in [0.1, 0.15) is 13.3 Å². The van der Waals surface area contributed by atoms with Crippen molar-refractivity contribution in [3.05, 3.63) is 0 Å². The van der Waals surface area contributed by atoms with Gasteiger partial charge in [0.15, 0.2) is 0 Å². The molecule has 0 saturated carbocycles. The molecule has 2 rings (SSSR count). The Morgan fingerprint density at radius 1 is 1.59 bits per heavy atom. The first kappa shape index (κ1) is 12.3. The molecule has 17 heavy (non-hydrogen) atoms. The number of rotatable bonds is 2. The first-order valence-corrected chi connectivity index (χ1v) is 6.11. The zero-order valence-electron chi connectivity index (χ0n) is 10.1. The van der Waals surface area contributed by atoms with E-state index in [1.54, 1.807) is 0 Å². The molecule has 2 heterocycles. The minimum Gasteiger partial charge on any atom is -0.375 e. The van der Waals surface area contributed by atoms with Gasteiger partial charge in [-0.2, -0.15) is 0 Å². The standard InChI is InChI=1S/C11H19N3O3/c1-2-8-7-14(3-4-17-8)11(16)9-5-13-10(15)6-12-9/h8-9,12H,2-7H2,1H3,(H,13,15). The lowest BCUT2D eigenvalue weighted by Crippen LogP contribution is -2.60. The molecule has 0 aromatic carbocycles. The lowest BCUT2D eigenvalue weighted by molar-refractivity contribution is -0.142. The molecule has 0 aromatic heterocycles. The first-order chi connectivity index (χ1) is 8.20. The van der Waals surface area contributed by atoms with E-state index < -0.39 is 0 Å². The van der Waals surface area contributed by atoms with Gasteiger partial charge in [-0.05, 0) is 6.42 Å². The van der Waals surface area contributed by atoms with Gasteiger partial charge in [-0.25, -0.2) is 0 Å². The van der Waals surface area contributed by atoms with E-state index in [1.807, 2.05) is 4.90 Å². The van der Waals surface area contributed by atoms with Gasteiger partial charge in [-0.1, -0.05) is 6.92 Å². The predicted octanol–water partition coefficient (Wildman–Crippen LogP) is -1.29. The molecule has 96 valence electrons. The Labute approximate surface area is 101 Å². The Morgan fingerprint density at radius 2 is 2.41 bits per heavy atom. The molecule has 2 unspecified atom stereocenters. The maximum atomic E-state index is 12.2. The van der Waals surface area contributed by atoms with E-state index in [9.17, 15) is 9.59 Å². The molecule has 2 fully saturated rings. The third-order valence-electron chi connectivity index (χ3n) is 3.22. The van der Waals surface area contributed by atoms with Crippen molar-refractivity contribution < 1.29 is 14.3 Å². The molecule has 0 aromatic rings. The van der Waals surface area contributed by atoms with Crippen LogP contribution in [0.3, 0.4) is 0 Å². The molecule has 2 aliphatic rings. The normalized spacial score (nSPS) is 29.9. The minimum absolute atomic E-state index is 0.0533. The van der Waals surface area contributed by atoms with Crippen LogP contribution in [0, 0.1) is 0 Å². The summed E-state index contributed by atoms with van der Waals surface area (Å²) in [6, 6.07) is -0.289. The van der Waals surface area contributed by atoms with Gasteiger partial charge in [0, 0.05) is 19.6 Å². The lowest BCUT2D eigenvalue weighted by atomic mass is 10.1. The van der Waals surface area contributed by atoms with Crippen LogP contribution >= 0.6 is 0 Å². The van der Waals surface area contributed by atoms with E-state index in [-0.39, 0.29) is 30.5 Å². The zero-order valence-corrected chi connectivity index (χ0v) is 10.1. The number of nitrogens with zero attached hydrogens (tertiary/aromatic N) is 1. The van der Waals surface area contributed by atoms with Crippen LogP contribution in [0.15, 0.2) is 0 Å². The summed E-state index contributed by atoms with van der Waals surface area (Å²) in [5.74, 6) is 0.00853. The number of ether oxygens (including phenoxy) is 1. The van der Waals surface area contributed by atoms with Gasteiger partial charge in [-0.3, -0.25) is 14.9 Å². The molecular formula is C11H19N3O3. The number of amides is 2. The largest absolute Gasteiger partial charge is 0.375 e. The van der Waals surface area contributed by atoms with Crippen molar-refractivity contribution in [2.45, 2.75) is 25.5 Å². The fourth-order valence-corrected chi connectivity index (χ4v) is 2.13. The van der Waals surface area contributed by atoms with E-state index in [2.05, 4.69) is 17.6 Å². The molecule has 2 amide bonds. The second-order valence-electron chi connectivity index (χ2n) is 4.42. The second kappa shape index (κ2) is 5.46. The van der Waals surface area contributed by atoms with Crippen molar-refractivity contribution in [1.82, 2.24) is 15.5 Å². The second-order valence-corrected chi connectivity index (χ2v) is 4.42. The molecule has 0 bridgehead atoms. The summed E-state index contributed by atoms with van der Waals surface area (Å²) >= 11 is 0. The highest BCUT2D eigenvalue weighted by Gasteiger charge is 2.30. The van der Waals surface area contributed by atoms with Gasteiger partial charge in [0.1, 0.15) is 6.04 Å². The maximum Gasteiger partial charge on any atom is 0.241 e. The fraction of sp³-hybridized carbons (Fsp3) is 0.818. The molecule has 2 atom stereocenters. The smallest absolute Gasteiger partial charge is 0.241 e. The lowest BCUT2D eigenvalue weighted by Gasteiger charge is -2.35. The zero-order chi connectivity index (χ0) is 12.3. The molecular weight excluding hydrogens is 222 g/mol. The highest BCUT2D eigenvalue weighted by Crippen LogP contribution is 2.09. The SMILES string of the molecule is CCC1CN(C(=O)C2CNC(=O)CN2)CCO1. The molecule has 6 heteroatoms. The average Bonchev–Trinajstić information content (AvgIpc) is 2.39. The van der Waals surface area contributed by atoms with Crippen molar-refractivity contribution in [2.75, 3.05) is 32.8 Å². The van der Waals surface area contributed by atoms with Gasteiger partial charge < -0.3 is 15.0 Å². The fourth-order valence-electron chi connectivity index (χ4n) is 2.13. The number of carbonyl (C=O) groups excluding carboxylic acids is 2. The molecule has 2 saturated heterocycles. The molecule has 6 nitrogen and oxygen atoms in total. The van der Waals surface area contributed by atoms with Gasteiger partial charge in [0.05, 0.1) is 19.3 Å². The summed E-state index contributed by atoms with van der Waals surface area (Å²) < 4.78 is 5.53. The van der Waals surface area contributed by atoms with Crippen LogP contribution in [0.5, 0.6) is 0 Å². The summed E-state index contributed by atoms with van der Waals surface area (Å²) in [5.41, 5.74) is 0. The van der Waals surface area contributed by atoms with Crippen LogP contribution in [0.25, 0.3) is 0 Å². The van der Waals surface area contributed by atoms with Gasteiger partial charge in [0.25, 0.3) is 0 Å². The summed E-state index contributed by atoms with van der Waals surface area (Å²) in [7, 11) is 0. The van der Waals surface area contributed by atoms with Crippen LogP contribution < -0.4 is 10.6 Å². The number of morpholine rings is 1. The highest BCUT2D eigenvalue weighted by atomic mass is 16.5. The monoisotopic (exact) mass is 241 g/mol. The Hall–Kier alpha value is -1.14.